The molecule has 6 heteroatoms. The molecule has 0 aromatic heterocycles. The van der Waals surface area contributed by atoms with E-state index in [2.05, 4.69) is 0 Å². The highest BCUT2D eigenvalue weighted by atomic mass is 16.2. The summed E-state index contributed by atoms with van der Waals surface area (Å²) in [6.45, 7) is 0.795. The van der Waals surface area contributed by atoms with E-state index in [0.29, 0.717) is 13.1 Å². The maximum atomic E-state index is 11.5. The number of nitrogens with zero attached hydrogens (tertiary/aromatic N) is 2. The van der Waals surface area contributed by atoms with Crippen molar-refractivity contribution in [1.29, 1.82) is 5.41 Å². The van der Waals surface area contributed by atoms with Gasteiger partial charge in [-0.25, -0.2) is 0 Å². The molecule has 3 N–H and O–H groups in total. The van der Waals surface area contributed by atoms with Gasteiger partial charge in [0, 0.05) is 20.1 Å². The number of carbonyl (C=O) groups excluding carboxylic acids is 2. The minimum absolute atomic E-state index is 0.0670. The molecular formula is C8H12N4O2. The summed E-state index contributed by atoms with van der Waals surface area (Å²) in [6, 6.07) is 0. The van der Waals surface area contributed by atoms with Crippen LogP contribution in [0.25, 0.3) is 0 Å². The molecule has 0 aromatic carbocycles. The van der Waals surface area contributed by atoms with Gasteiger partial charge < -0.3 is 10.6 Å². The molecular weight excluding hydrogens is 184 g/mol. The van der Waals surface area contributed by atoms with Crippen LogP contribution in [0.4, 0.5) is 0 Å². The lowest BCUT2D eigenvalue weighted by atomic mass is 10.00. The fourth-order valence-electron chi connectivity index (χ4n) is 2.11. The predicted octanol–water partition coefficient (Wildman–Crippen LogP) is -1.57. The molecule has 2 aliphatic rings. The number of nitrogens with two attached hydrogens (primary N) is 1. The molecule has 2 amide bonds. The Labute approximate surface area is 81.2 Å². The minimum atomic E-state index is -0.295. The maximum Gasteiger partial charge on any atom is 0.234 e. The summed E-state index contributed by atoms with van der Waals surface area (Å²) in [5, 5.41) is 7.22. The van der Waals surface area contributed by atoms with Crippen LogP contribution in [0.1, 0.15) is 0 Å². The zero-order chi connectivity index (χ0) is 10.5. The van der Waals surface area contributed by atoms with Crippen LogP contribution in [0.15, 0.2) is 0 Å². The zero-order valence-electron chi connectivity index (χ0n) is 7.86. The summed E-state index contributed by atoms with van der Waals surface area (Å²) >= 11 is 0. The van der Waals surface area contributed by atoms with Gasteiger partial charge in [0.25, 0.3) is 0 Å². The van der Waals surface area contributed by atoms with Crippen molar-refractivity contribution in [3.05, 3.63) is 0 Å². The van der Waals surface area contributed by atoms with Crippen molar-refractivity contribution in [3.63, 3.8) is 0 Å². The Bertz CT molecular complexity index is 303. The summed E-state index contributed by atoms with van der Waals surface area (Å²) in [5.74, 6) is -0.956. The smallest absolute Gasteiger partial charge is 0.234 e. The van der Waals surface area contributed by atoms with Gasteiger partial charge in [-0.15, -0.1) is 0 Å². The molecule has 0 aliphatic carbocycles. The zero-order valence-corrected chi connectivity index (χ0v) is 7.86. The highest BCUT2D eigenvalue weighted by molar-refractivity contribution is 6.05. The van der Waals surface area contributed by atoms with Gasteiger partial charge in [0.1, 0.15) is 0 Å². The molecule has 2 heterocycles. The first-order chi connectivity index (χ1) is 6.52. The Morgan fingerprint density at radius 2 is 1.79 bits per heavy atom. The standard InChI is InChI=1S/C8H12N4O2/c1-11-6(13)4-2-12(8(9)10)3-5(4)7(11)14/h4-5H,2-3H2,1H3,(H3,9,10)/t4-,5-/m0/s1. The Hall–Kier alpha value is -1.59. The van der Waals surface area contributed by atoms with Crippen LogP contribution in [0.2, 0.25) is 0 Å². The van der Waals surface area contributed by atoms with Gasteiger partial charge in [-0.1, -0.05) is 0 Å². The van der Waals surface area contributed by atoms with Gasteiger partial charge in [0.2, 0.25) is 11.8 Å². The fourth-order valence-corrected chi connectivity index (χ4v) is 2.11. The van der Waals surface area contributed by atoms with E-state index in [4.69, 9.17) is 11.1 Å². The number of nitrogens with one attached hydrogen (secondary N) is 1. The largest absolute Gasteiger partial charge is 0.370 e. The third kappa shape index (κ3) is 0.997. The lowest BCUT2D eigenvalue weighted by Crippen LogP contribution is -2.39. The number of fused-ring (bicyclic) bond motifs is 1. The van der Waals surface area contributed by atoms with Crippen LogP contribution < -0.4 is 5.73 Å². The quantitative estimate of drug-likeness (QED) is 0.278. The van der Waals surface area contributed by atoms with E-state index in [1.165, 1.54) is 11.9 Å². The number of carbonyl (C=O) groups is 2. The molecule has 2 saturated heterocycles. The van der Waals surface area contributed by atoms with Crippen LogP contribution >= 0.6 is 0 Å². The van der Waals surface area contributed by atoms with Gasteiger partial charge in [-0.2, -0.15) is 0 Å². The van der Waals surface area contributed by atoms with E-state index in [1.54, 1.807) is 4.90 Å². The molecule has 0 unspecified atom stereocenters. The van der Waals surface area contributed by atoms with Crippen molar-refractivity contribution in [1.82, 2.24) is 9.80 Å². The minimum Gasteiger partial charge on any atom is -0.370 e. The number of rotatable bonds is 0. The summed E-state index contributed by atoms with van der Waals surface area (Å²) in [4.78, 5) is 25.8. The van der Waals surface area contributed by atoms with E-state index in [1.807, 2.05) is 0 Å². The van der Waals surface area contributed by atoms with E-state index >= 15 is 0 Å². The SMILES string of the molecule is CN1C(=O)[C@H]2CN(C(=N)N)C[C@@H]2C1=O. The topological polar surface area (TPSA) is 90.5 Å². The molecule has 0 aromatic rings. The van der Waals surface area contributed by atoms with Crippen LogP contribution in [-0.2, 0) is 9.59 Å². The molecule has 0 spiro atoms. The Balaban J connectivity index is 2.20. The predicted molar refractivity (Wildman–Crippen MR) is 48.2 cm³/mol. The number of hydrogen-bond donors (Lipinski definition) is 2. The second-order valence-corrected chi connectivity index (χ2v) is 3.74. The maximum absolute atomic E-state index is 11.5. The molecule has 0 saturated carbocycles. The van der Waals surface area contributed by atoms with Gasteiger partial charge in [0.05, 0.1) is 11.8 Å². The number of guanidine groups is 1. The van der Waals surface area contributed by atoms with Gasteiger partial charge in [-0.3, -0.25) is 19.9 Å². The summed E-state index contributed by atoms with van der Waals surface area (Å²) in [5.41, 5.74) is 5.30. The Morgan fingerprint density at radius 1 is 1.36 bits per heavy atom. The van der Waals surface area contributed by atoms with Crippen molar-refractivity contribution in [2.24, 2.45) is 17.6 Å². The average molecular weight is 196 g/mol. The first kappa shape index (κ1) is 8.98. The summed E-state index contributed by atoms with van der Waals surface area (Å²) < 4.78 is 0. The van der Waals surface area contributed by atoms with Crippen molar-refractivity contribution >= 4 is 17.8 Å². The fraction of sp³-hybridized carbons (Fsp3) is 0.625. The highest BCUT2D eigenvalue weighted by Gasteiger charge is 2.51. The number of amides is 2. The van der Waals surface area contributed by atoms with Crippen molar-refractivity contribution in [3.8, 4) is 0 Å². The van der Waals surface area contributed by atoms with Crippen molar-refractivity contribution < 1.29 is 9.59 Å². The molecule has 0 radical (unpaired) electrons. The average Bonchev–Trinajstić information content (AvgIpc) is 2.64. The Kier molecular flexibility index (Phi) is 1.73. The molecule has 0 bridgehead atoms. The third-order valence-electron chi connectivity index (χ3n) is 2.96. The van der Waals surface area contributed by atoms with Gasteiger partial charge in [0.15, 0.2) is 5.96 Å². The number of hydrogen-bond acceptors (Lipinski definition) is 3. The van der Waals surface area contributed by atoms with Crippen molar-refractivity contribution in [2.75, 3.05) is 20.1 Å². The summed E-state index contributed by atoms with van der Waals surface area (Å²) in [7, 11) is 1.50. The molecule has 2 rings (SSSR count). The third-order valence-corrected chi connectivity index (χ3v) is 2.96. The van der Waals surface area contributed by atoms with Crippen LogP contribution in [0.5, 0.6) is 0 Å². The number of imide groups is 1. The van der Waals surface area contributed by atoms with E-state index in [9.17, 15) is 9.59 Å². The number of likely N-dealkylation sites (tertiary alicyclic amines) is 2. The van der Waals surface area contributed by atoms with Crippen molar-refractivity contribution in [2.45, 2.75) is 0 Å². The molecule has 2 atom stereocenters. The first-order valence-electron chi connectivity index (χ1n) is 4.42. The van der Waals surface area contributed by atoms with Gasteiger partial charge in [-0.05, 0) is 0 Å². The van der Waals surface area contributed by atoms with Gasteiger partial charge >= 0.3 is 0 Å². The molecule has 2 aliphatic heterocycles. The van der Waals surface area contributed by atoms with Crippen LogP contribution in [0, 0.1) is 17.2 Å². The lowest BCUT2D eigenvalue weighted by Gasteiger charge is -2.17. The van der Waals surface area contributed by atoms with Crippen LogP contribution in [0.3, 0.4) is 0 Å². The summed E-state index contributed by atoms with van der Waals surface area (Å²) in [6.07, 6.45) is 0. The second kappa shape index (κ2) is 2.70. The van der Waals surface area contributed by atoms with E-state index < -0.39 is 0 Å². The lowest BCUT2D eigenvalue weighted by molar-refractivity contribution is -0.138. The molecule has 14 heavy (non-hydrogen) atoms. The molecule has 76 valence electrons. The van der Waals surface area contributed by atoms with E-state index in [-0.39, 0.29) is 29.6 Å². The highest BCUT2D eigenvalue weighted by Crippen LogP contribution is 2.31. The van der Waals surface area contributed by atoms with E-state index in [0.717, 1.165) is 0 Å². The monoisotopic (exact) mass is 196 g/mol. The second-order valence-electron chi connectivity index (χ2n) is 3.74. The molecule has 6 nitrogen and oxygen atoms in total. The Morgan fingerprint density at radius 3 is 2.14 bits per heavy atom. The first-order valence-corrected chi connectivity index (χ1v) is 4.42. The van der Waals surface area contributed by atoms with Crippen LogP contribution in [-0.4, -0.2) is 47.7 Å². The normalized spacial score (nSPS) is 31.2. The molecule has 2 fully saturated rings.